The summed E-state index contributed by atoms with van der Waals surface area (Å²) in [4.78, 5) is 25.6. The number of rotatable bonds is 8. The molecule has 170 valence electrons. The normalized spacial score (nSPS) is 25.0. The lowest BCUT2D eigenvalue weighted by molar-refractivity contribution is -0.128. The quantitative estimate of drug-likeness (QED) is 0.572. The number of ketones is 1. The van der Waals surface area contributed by atoms with Gasteiger partial charge in [-0.1, -0.05) is 32.0 Å². The minimum absolute atomic E-state index is 0.0124. The molecule has 1 amide bonds. The highest BCUT2D eigenvalue weighted by Gasteiger charge is 2.65. The number of Topliss-reactive ketones (excluding diaryl/α,β-unsaturated/α-hetero) is 1. The number of hydrogen-bond acceptors (Lipinski definition) is 6. The fourth-order valence-corrected chi connectivity index (χ4v) is 8.55. The van der Waals surface area contributed by atoms with Crippen LogP contribution >= 0.6 is 11.3 Å². The molecule has 1 aromatic heterocycles. The van der Waals surface area contributed by atoms with Gasteiger partial charge in [0.05, 0.1) is 11.8 Å². The SMILES string of the molecule is CC1(C)C2CCC1(CS(=O)(=O)NC(Cc1csc3ccccc13)C(=O)NCC#N)C(=O)C2. The molecule has 2 aromatic rings. The van der Waals surface area contributed by atoms with E-state index >= 15 is 0 Å². The van der Waals surface area contributed by atoms with Gasteiger partial charge in [-0.3, -0.25) is 9.59 Å². The zero-order valence-corrected chi connectivity index (χ0v) is 19.8. The molecule has 1 heterocycles. The number of nitriles is 1. The maximum atomic E-state index is 13.3. The number of benzene rings is 1. The van der Waals surface area contributed by atoms with Gasteiger partial charge in [0.15, 0.2) is 0 Å². The molecule has 2 aliphatic carbocycles. The minimum Gasteiger partial charge on any atom is -0.342 e. The van der Waals surface area contributed by atoms with Crippen LogP contribution in [0.4, 0.5) is 0 Å². The van der Waals surface area contributed by atoms with Crippen molar-refractivity contribution >= 4 is 43.1 Å². The lowest BCUT2D eigenvalue weighted by Crippen LogP contribution is -2.52. The number of fused-ring (bicyclic) bond motifs is 3. The van der Waals surface area contributed by atoms with E-state index in [0.29, 0.717) is 12.8 Å². The van der Waals surface area contributed by atoms with E-state index in [2.05, 4.69) is 10.0 Å². The maximum absolute atomic E-state index is 13.3. The molecule has 2 bridgehead atoms. The molecule has 3 atom stereocenters. The summed E-state index contributed by atoms with van der Waals surface area (Å²) in [6, 6.07) is 8.52. The fraction of sp³-hybridized carbons (Fsp3) is 0.522. The number of carbonyl (C=O) groups is 2. The van der Waals surface area contributed by atoms with E-state index in [1.54, 1.807) is 0 Å². The predicted molar refractivity (Wildman–Crippen MR) is 123 cm³/mol. The lowest BCUT2D eigenvalue weighted by atomic mass is 9.70. The van der Waals surface area contributed by atoms with Crippen molar-refractivity contribution in [2.24, 2.45) is 16.7 Å². The van der Waals surface area contributed by atoms with Crippen LogP contribution in [0.5, 0.6) is 0 Å². The molecule has 2 N–H and O–H groups in total. The second kappa shape index (κ2) is 8.25. The van der Waals surface area contributed by atoms with Crippen molar-refractivity contribution in [3.8, 4) is 6.07 Å². The van der Waals surface area contributed by atoms with Crippen molar-refractivity contribution in [1.29, 1.82) is 5.26 Å². The largest absolute Gasteiger partial charge is 0.342 e. The Morgan fingerprint density at radius 2 is 2.09 bits per heavy atom. The summed E-state index contributed by atoms with van der Waals surface area (Å²) < 4.78 is 30.2. The molecule has 0 aliphatic heterocycles. The number of nitrogens with zero attached hydrogens (tertiary/aromatic N) is 1. The Balaban J connectivity index is 1.59. The van der Waals surface area contributed by atoms with E-state index in [1.807, 2.05) is 49.6 Å². The Bertz CT molecular complexity index is 1210. The third-order valence-electron chi connectivity index (χ3n) is 7.54. The van der Waals surface area contributed by atoms with Crippen molar-refractivity contribution < 1.29 is 18.0 Å². The average molecular weight is 474 g/mol. The topological polar surface area (TPSA) is 116 Å². The molecule has 7 nitrogen and oxygen atoms in total. The smallest absolute Gasteiger partial charge is 0.239 e. The number of nitrogens with one attached hydrogen (secondary N) is 2. The molecule has 0 saturated heterocycles. The number of amides is 1. The molecule has 1 aromatic carbocycles. The van der Waals surface area contributed by atoms with Crippen LogP contribution in [0.15, 0.2) is 29.6 Å². The van der Waals surface area contributed by atoms with Crippen LogP contribution < -0.4 is 10.0 Å². The molecule has 3 unspecified atom stereocenters. The van der Waals surface area contributed by atoms with Gasteiger partial charge in [0.25, 0.3) is 0 Å². The van der Waals surface area contributed by atoms with Crippen molar-refractivity contribution in [3.63, 3.8) is 0 Å². The van der Waals surface area contributed by atoms with Crippen LogP contribution in [0, 0.1) is 28.1 Å². The Morgan fingerprint density at radius 1 is 1.34 bits per heavy atom. The van der Waals surface area contributed by atoms with Crippen LogP contribution in [-0.2, 0) is 26.0 Å². The van der Waals surface area contributed by atoms with Gasteiger partial charge in [-0.05, 0) is 53.0 Å². The third kappa shape index (κ3) is 3.85. The first-order valence-electron chi connectivity index (χ1n) is 10.7. The van der Waals surface area contributed by atoms with E-state index in [9.17, 15) is 18.0 Å². The fourth-order valence-electron chi connectivity index (χ4n) is 5.54. The first-order valence-corrected chi connectivity index (χ1v) is 13.3. The van der Waals surface area contributed by atoms with E-state index in [4.69, 9.17) is 5.26 Å². The maximum Gasteiger partial charge on any atom is 0.239 e. The third-order valence-corrected chi connectivity index (χ3v) is 10.1. The van der Waals surface area contributed by atoms with E-state index in [-0.39, 0.29) is 35.8 Å². The molecule has 32 heavy (non-hydrogen) atoms. The molecule has 2 aliphatic rings. The second-order valence-corrected chi connectivity index (χ2v) is 12.1. The Kier molecular flexibility index (Phi) is 5.90. The molecule has 0 radical (unpaired) electrons. The monoisotopic (exact) mass is 473 g/mol. The summed E-state index contributed by atoms with van der Waals surface area (Å²) >= 11 is 1.53. The minimum atomic E-state index is -3.95. The second-order valence-electron chi connectivity index (χ2n) is 9.43. The number of carbonyl (C=O) groups excluding carboxylic acids is 2. The molecular formula is C23H27N3O4S2. The van der Waals surface area contributed by atoms with Gasteiger partial charge in [0, 0.05) is 16.5 Å². The average Bonchev–Trinajstić information content (AvgIpc) is 3.30. The first-order chi connectivity index (χ1) is 15.1. The molecule has 9 heteroatoms. The van der Waals surface area contributed by atoms with Gasteiger partial charge in [0.2, 0.25) is 15.9 Å². The molecular weight excluding hydrogens is 446 g/mol. The summed E-state index contributed by atoms with van der Waals surface area (Å²) in [5.74, 6) is -0.644. The van der Waals surface area contributed by atoms with Crippen LogP contribution in [-0.4, -0.2) is 38.4 Å². The van der Waals surface area contributed by atoms with Gasteiger partial charge in [-0.25, -0.2) is 13.1 Å². The Hall–Kier alpha value is -2.28. The summed E-state index contributed by atoms with van der Waals surface area (Å²) in [6.45, 7) is 3.76. The highest BCUT2D eigenvalue weighted by Crippen LogP contribution is 2.64. The Morgan fingerprint density at radius 3 is 2.75 bits per heavy atom. The van der Waals surface area contributed by atoms with Crippen LogP contribution in [0.1, 0.15) is 38.7 Å². The van der Waals surface area contributed by atoms with Crippen molar-refractivity contribution in [2.45, 2.75) is 45.6 Å². The van der Waals surface area contributed by atoms with Crippen molar-refractivity contribution in [1.82, 2.24) is 10.0 Å². The zero-order valence-electron chi connectivity index (χ0n) is 18.2. The van der Waals surface area contributed by atoms with Crippen LogP contribution in [0.2, 0.25) is 0 Å². The highest BCUT2D eigenvalue weighted by atomic mass is 32.2. The van der Waals surface area contributed by atoms with Gasteiger partial charge >= 0.3 is 0 Å². The molecule has 0 spiro atoms. The molecule has 2 saturated carbocycles. The van der Waals surface area contributed by atoms with Gasteiger partial charge in [-0.15, -0.1) is 11.3 Å². The molecule has 2 fully saturated rings. The standard InChI is InChI=1S/C23H27N3O4S2/c1-22(2)16-7-8-23(22,20(27)12-16)14-32(29,30)26-18(21(28)25-10-9-24)11-15-13-31-19-6-4-3-5-17(15)19/h3-6,13,16,18,26H,7-8,10-12,14H2,1-2H3,(H,25,28). The highest BCUT2D eigenvalue weighted by molar-refractivity contribution is 7.89. The lowest BCUT2D eigenvalue weighted by Gasteiger charge is -2.36. The van der Waals surface area contributed by atoms with Crippen molar-refractivity contribution in [2.75, 3.05) is 12.3 Å². The van der Waals surface area contributed by atoms with Gasteiger partial charge in [0.1, 0.15) is 18.4 Å². The van der Waals surface area contributed by atoms with Crippen molar-refractivity contribution in [3.05, 3.63) is 35.2 Å². The Labute approximate surface area is 192 Å². The summed E-state index contributed by atoms with van der Waals surface area (Å²) in [6.07, 6.45) is 2.00. The van der Waals surface area contributed by atoms with E-state index < -0.39 is 27.4 Å². The first kappa shape index (κ1) is 22.9. The molecule has 4 rings (SSSR count). The van der Waals surface area contributed by atoms with E-state index in [0.717, 1.165) is 22.1 Å². The predicted octanol–water partition coefficient (Wildman–Crippen LogP) is 2.77. The summed E-state index contributed by atoms with van der Waals surface area (Å²) in [5.41, 5.74) is -0.436. The number of thiophene rings is 1. The van der Waals surface area contributed by atoms with Gasteiger partial charge < -0.3 is 5.32 Å². The van der Waals surface area contributed by atoms with E-state index in [1.165, 1.54) is 11.3 Å². The number of hydrogen-bond donors (Lipinski definition) is 2. The van der Waals surface area contributed by atoms with Gasteiger partial charge in [-0.2, -0.15) is 5.26 Å². The zero-order chi connectivity index (χ0) is 23.1. The summed E-state index contributed by atoms with van der Waals surface area (Å²) in [5, 5.41) is 14.2. The number of sulfonamides is 1. The van der Waals surface area contributed by atoms with Crippen LogP contribution in [0.3, 0.4) is 0 Å². The van der Waals surface area contributed by atoms with Crippen LogP contribution in [0.25, 0.3) is 10.1 Å². The summed E-state index contributed by atoms with van der Waals surface area (Å²) in [7, 11) is -3.95.